The molecule has 1 rings (SSSR count). The second kappa shape index (κ2) is 27.0. The van der Waals surface area contributed by atoms with E-state index >= 15 is 0 Å². The van der Waals surface area contributed by atoms with E-state index in [1.54, 1.807) is 0 Å². The van der Waals surface area contributed by atoms with Crippen LogP contribution >= 0.6 is 0 Å². The van der Waals surface area contributed by atoms with Gasteiger partial charge in [-0.3, -0.25) is 0 Å². The molecule has 0 aromatic carbocycles. The van der Waals surface area contributed by atoms with Gasteiger partial charge in [0.1, 0.15) is 24.9 Å². The van der Waals surface area contributed by atoms with Crippen LogP contribution in [0.15, 0.2) is 0 Å². The fourth-order valence-corrected chi connectivity index (χ4v) is 4.56. The van der Waals surface area contributed by atoms with E-state index in [0.717, 1.165) is 12.8 Å². The maximum Gasteiger partial charge on any atom is 0.329 e. The lowest BCUT2D eigenvalue weighted by Gasteiger charge is -2.30. The maximum absolute atomic E-state index is 10.9. The number of rotatable bonds is 22. The van der Waals surface area contributed by atoms with Crippen molar-refractivity contribution in [3.8, 4) is 0 Å². The summed E-state index contributed by atoms with van der Waals surface area (Å²) in [5.74, 6) is -2.28. The molecule has 0 bridgehead atoms. The van der Waals surface area contributed by atoms with E-state index < -0.39 is 36.9 Å². The number of carboxylic acid groups (broad SMARTS) is 2. The normalized spacial score (nSPS) is 22.0. The van der Waals surface area contributed by atoms with Crippen LogP contribution in [0.5, 0.6) is 0 Å². The summed E-state index contributed by atoms with van der Waals surface area (Å²) in [6.07, 6.45) is 13.1. The van der Waals surface area contributed by atoms with Gasteiger partial charge in [-0.2, -0.15) is 0 Å². The molecule has 0 spiro atoms. The van der Waals surface area contributed by atoms with Crippen LogP contribution < -0.4 is 0 Å². The van der Waals surface area contributed by atoms with Gasteiger partial charge in [-0.05, 0) is 13.3 Å². The molecule has 12 nitrogen and oxygen atoms in total. The van der Waals surface area contributed by atoms with Crippen molar-refractivity contribution in [3.63, 3.8) is 0 Å². The summed E-state index contributed by atoms with van der Waals surface area (Å²) in [5, 5.41) is 17.7. The number of ether oxygens (including phenoxy) is 8. The standard InChI is InChI=1S/C31H58O12/c1-3-4-5-6-7-8-9-10-11-12-13-27-20-37-15-14-36-17-19-43-31(2,25-38-16-18-41-27)26-40-22-28(42-24-30(34)35)21-39-23-29(32)33/h27-28H,3-26H2,1-2H3,(H,32,33)(H,34,35). The summed E-state index contributed by atoms with van der Waals surface area (Å²) in [7, 11) is 0. The van der Waals surface area contributed by atoms with Crippen molar-refractivity contribution in [2.75, 3.05) is 85.9 Å². The molecule has 254 valence electrons. The molecule has 1 saturated heterocycles. The zero-order valence-corrected chi connectivity index (χ0v) is 26.6. The largest absolute Gasteiger partial charge is 0.480 e. The molecule has 2 N–H and O–H groups in total. The number of hydrogen-bond acceptors (Lipinski definition) is 10. The Hall–Kier alpha value is -1.38. The highest BCUT2D eigenvalue weighted by Gasteiger charge is 2.27. The maximum atomic E-state index is 10.9. The molecular formula is C31H58O12. The number of hydrogen-bond donors (Lipinski definition) is 2. The minimum atomic E-state index is -1.15. The first-order valence-corrected chi connectivity index (χ1v) is 16.0. The van der Waals surface area contributed by atoms with Crippen LogP contribution in [-0.2, 0) is 47.5 Å². The van der Waals surface area contributed by atoms with Gasteiger partial charge >= 0.3 is 11.9 Å². The lowest BCUT2D eigenvalue weighted by molar-refractivity contribution is -0.160. The predicted octanol–water partition coefficient (Wildman–Crippen LogP) is 4.11. The predicted molar refractivity (Wildman–Crippen MR) is 160 cm³/mol. The van der Waals surface area contributed by atoms with Gasteiger partial charge in [0, 0.05) is 0 Å². The van der Waals surface area contributed by atoms with Crippen molar-refractivity contribution >= 4 is 11.9 Å². The van der Waals surface area contributed by atoms with E-state index in [9.17, 15) is 9.59 Å². The minimum Gasteiger partial charge on any atom is -0.480 e. The van der Waals surface area contributed by atoms with Gasteiger partial charge in [0.05, 0.1) is 78.8 Å². The fraction of sp³-hybridized carbons (Fsp3) is 0.935. The van der Waals surface area contributed by atoms with Gasteiger partial charge in [-0.15, -0.1) is 0 Å². The molecule has 0 aromatic rings. The minimum absolute atomic E-state index is 0.0105. The summed E-state index contributed by atoms with van der Waals surface area (Å²) in [4.78, 5) is 21.6. The molecule has 3 unspecified atom stereocenters. The lowest BCUT2D eigenvalue weighted by atomic mass is 10.0. The van der Waals surface area contributed by atoms with Crippen LogP contribution in [0.1, 0.15) is 84.5 Å². The number of aliphatic carboxylic acids is 2. The third-order valence-electron chi connectivity index (χ3n) is 6.91. The number of carbonyl (C=O) groups is 2. The molecule has 0 aliphatic carbocycles. The molecule has 1 heterocycles. The van der Waals surface area contributed by atoms with Crippen LogP contribution in [0, 0.1) is 0 Å². The first-order valence-electron chi connectivity index (χ1n) is 16.0. The van der Waals surface area contributed by atoms with Crippen LogP contribution in [0.25, 0.3) is 0 Å². The van der Waals surface area contributed by atoms with Gasteiger partial charge in [0.25, 0.3) is 0 Å². The average molecular weight is 623 g/mol. The summed E-state index contributed by atoms with van der Waals surface area (Å²) in [6, 6.07) is 0. The van der Waals surface area contributed by atoms with Crippen molar-refractivity contribution in [1.82, 2.24) is 0 Å². The highest BCUT2D eigenvalue weighted by molar-refractivity contribution is 5.68. The van der Waals surface area contributed by atoms with Gasteiger partial charge in [-0.1, -0.05) is 71.1 Å². The molecule has 12 heteroatoms. The Bertz CT molecular complexity index is 679. The topological polar surface area (TPSA) is 148 Å². The average Bonchev–Trinajstić information content (AvgIpc) is 2.97. The van der Waals surface area contributed by atoms with Crippen molar-refractivity contribution in [3.05, 3.63) is 0 Å². The molecule has 0 amide bonds. The van der Waals surface area contributed by atoms with Crippen molar-refractivity contribution < 1.29 is 57.7 Å². The highest BCUT2D eigenvalue weighted by Crippen LogP contribution is 2.15. The summed E-state index contributed by atoms with van der Waals surface area (Å²) in [6.45, 7) is 6.27. The van der Waals surface area contributed by atoms with E-state index in [4.69, 9.17) is 48.1 Å². The highest BCUT2D eigenvalue weighted by atomic mass is 16.6. The Morgan fingerprint density at radius 3 is 2.07 bits per heavy atom. The lowest BCUT2D eigenvalue weighted by Crippen LogP contribution is -2.42. The molecule has 1 aliphatic heterocycles. The Morgan fingerprint density at radius 1 is 0.767 bits per heavy atom. The Balaban J connectivity index is 2.44. The molecule has 1 fully saturated rings. The molecular weight excluding hydrogens is 564 g/mol. The third-order valence-corrected chi connectivity index (χ3v) is 6.91. The van der Waals surface area contributed by atoms with Gasteiger partial charge in [0.15, 0.2) is 0 Å². The zero-order valence-electron chi connectivity index (χ0n) is 26.6. The van der Waals surface area contributed by atoms with Crippen LogP contribution in [0.2, 0.25) is 0 Å². The van der Waals surface area contributed by atoms with E-state index in [1.807, 2.05) is 6.92 Å². The Labute approximate surface area is 258 Å². The van der Waals surface area contributed by atoms with Crippen LogP contribution in [0.4, 0.5) is 0 Å². The second-order valence-electron chi connectivity index (χ2n) is 11.3. The monoisotopic (exact) mass is 622 g/mol. The quantitative estimate of drug-likeness (QED) is 0.167. The first-order chi connectivity index (χ1) is 20.8. The van der Waals surface area contributed by atoms with Crippen molar-refractivity contribution in [2.45, 2.75) is 102 Å². The van der Waals surface area contributed by atoms with E-state index in [1.165, 1.54) is 57.8 Å². The first kappa shape index (κ1) is 39.6. The summed E-state index contributed by atoms with van der Waals surface area (Å²) in [5.41, 5.74) is -0.811. The molecule has 3 atom stereocenters. The van der Waals surface area contributed by atoms with E-state index in [0.29, 0.717) is 46.2 Å². The van der Waals surface area contributed by atoms with Crippen LogP contribution in [0.3, 0.4) is 0 Å². The number of unbranched alkanes of at least 4 members (excludes halogenated alkanes) is 9. The summed E-state index contributed by atoms with van der Waals surface area (Å²) >= 11 is 0. The molecule has 0 aromatic heterocycles. The van der Waals surface area contributed by atoms with Crippen molar-refractivity contribution in [1.29, 1.82) is 0 Å². The molecule has 0 saturated carbocycles. The zero-order chi connectivity index (χ0) is 31.4. The number of carboxylic acids is 2. The van der Waals surface area contributed by atoms with Crippen LogP contribution in [-0.4, -0.2) is 126 Å². The summed E-state index contributed by atoms with van der Waals surface area (Å²) < 4.78 is 45.6. The second-order valence-corrected chi connectivity index (χ2v) is 11.3. The fourth-order valence-electron chi connectivity index (χ4n) is 4.56. The SMILES string of the molecule is CCCCCCCCCCCCC1COCCOCCOC(C)(COCC(COCC(=O)O)OCC(=O)O)COCCO1. The smallest absolute Gasteiger partial charge is 0.329 e. The third kappa shape index (κ3) is 24.6. The molecule has 1 aliphatic rings. The van der Waals surface area contributed by atoms with E-state index in [-0.39, 0.29) is 32.5 Å². The van der Waals surface area contributed by atoms with Gasteiger partial charge in [-0.25, -0.2) is 9.59 Å². The Morgan fingerprint density at radius 2 is 1.37 bits per heavy atom. The Kier molecular flexibility index (Phi) is 24.9. The molecule has 43 heavy (non-hydrogen) atoms. The molecule has 0 radical (unpaired) electrons. The van der Waals surface area contributed by atoms with Gasteiger partial charge < -0.3 is 48.1 Å². The van der Waals surface area contributed by atoms with Crippen molar-refractivity contribution in [2.24, 2.45) is 0 Å². The van der Waals surface area contributed by atoms with E-state index in [2.05, 4.69) is 6.92 Å². The van der Waals surface area contributed by atoms with Gasteiger partial charge in [0.2, 0.25) is 0 Å².